The van der Waals surface area contributed by atoms with Crippen LogP contribution < -0.4 is 5.56 Å². The largest absolute Gasteiger partial charge is 0.293 e. The first-order valence-electron chi connectivity index (χ1n) is 5.16. The van der Waals surface area contributed by atoms with E-state index >= 15 is 0 Å². The summed E-state index contributed by atoms with van der Waals surface area (Å²) in [5, 5.41) is 4.46. The van der Waals surface area contributed by atoms with Crippen molar-refractivity contribution in [1.29, 1.82) is 0 Å². The molecule has 0 aliphatic heterocycles. The van der Waals surface area contributed by atoms with Gasteiger partial charge in [0, 0.05) is 16.6 Å². The summed E-state index contributed by atoms with van der Waals surface area (Å²) in [6, 6.07) is 7.33. The molecule has 2 aromatic heterocycles. The van der Waals surface area contributed by atoms with Gasteiger partial charge in [-0.25, -0.2) is 4.98 Å². The van der Waals surface area contributed by atoms with Crippen molar-refractivity contribution in [3.8, 4) is 0 Å². The van der Waals surface area contributed by atoms with Crippen LogP contribution in [0.15, 0.2) is 35.4 Å². The van der Waals surface area contributed by atoms with E-state index in [0.29, 0.717) is 21.9 Å². The minimum absolute atomic E-state index is 0.177. The molecule has 0 saturated carbocycles. The summed E-state index contributed by atoms with van der Waals surface area (Å²) in [5.74, 6) is 0. The third kappa shape index (κ3) is 2.00. The standard InChI is InChI=1S/C11H7ClN4OS/c12-8-3-1-7(2-4-8)5-16-6-13-10-9(11(16)17)14-15-18-10/h1-4,6H,5H2. The van der Waals surface area contributed by atoms with Crippen LogP contribution in [0.1, 0.15) is 5.56 Å². The number of aromatic nitrogens is 4. The molecule has 0 bridgehead atoms. The van der Waals surface area contributed by atoms with Crippen LogP contribution in [0, 0.1) is 0 Å². The highest BCUT2D eigenvalue weighted by atomic mass is 35.5. The van der Waals surface area contributed by atoms with Crippen LogP contribution >= 0.6 is 23.1 Å². The van der Waals surface area contributed by atoms with Gasteiger partial charge >= 0.3 is 0 Å². The van der Waals surface area contributed by atoms with E-state index in [4.69, 9.17) is 11.6 Å². The van der Waals surface area contributed by atoms with E-state index in [1.54, 1.807) is 12.1 Å². The van der Waals surface area contributed by atoms with E-state index in [9.17, 15) is 4.79 Å². The molecule has 2 heterocycles. The third-order valence-electron chi connectivity index (χ3n) is 2.51. The first-order valence-corrected chi connectivity index (χ1v) is 6.31. The predicted molar refractivity (Wildman–Crippen MR) is 70.0 cm³/mol. The van der Waals surface area contributed by atoms with Gasteiger partial charge in [0.15, 0.2) is 10.3 Å². The number of halogens is 1. The van der Waals surface area contributed by atoms with E-state index in [1.165, 1.54) is 10.9 Å². The number of benzene rings is 1. The normalized spacial score (nSPS) is 10.9. The van der Waals surface area contributed by atoms with Gasteiger partial charge in [0.25, 0.3) is 5.56 Å². The Kier molecular flexibility index (Phi) is 2.81. The van der Waals surface area contributed by atoms with Crippen molar-refractivity contribution < 1.29 is 0 Å². The molecule has 0 spiro atoms. The highest BCUT2D eigenvalue weighted by Crippen LogP contribution is 2.11. The maximum absolute atomic E-state index is 12.1. The molecule has 0 aliphatic carbocycles. The van der Waals surface area contributed by atoms with Crippen molar-refractivity contribution in [2.75, 3.05) is 0 Å². The SMILES string of the molecule is O=c1c2nnsc2ncn1Cc1ccc(Cl)cc1. The molecule has 0 aliphatic rings. The van der Waals surface area contributed by atoms with E-state index < -0.39 is 0 Å². The topological polar surface area (TPSA) is 60.7 Å². The van der Waals surface area contributed by atoms with E-state index in [1.807, 2.05) is 12.1 Å². The van der Waals surface area contributed by atoms with Crippen LogP contribution in [0.5, 0.6) is 0 Å². The number of hydrogen-bond donors (Lipinski definition) is 0. The number of hydrogen-bond acceptors (Lipinski definition) is 5. The molecular formula is C11H7ClN4OS. The molecule has 0 radical (unpaired) electrons. The first-order chi connectivity index (χ1) is 8.74. The summed E-state index contributed by atoms with van der Waals surface area (Å²) >= 11 is 6.93. The Morgan fingerprint density at radius 3 is 2.83 bits per heavy atom. The van der Waals surface area contributed by atoms with Crippen LogP contribution in [-0.2, 0) is 6.54 Å². The average Bonchev–Trinajstić information content (AvgIpc) is 2.84. The molecule has 3 rings (SSSR count). The Bertz CT molecular complexity index is 750. The van der Waals surface area contributed by atoms with Crippen molar-refractivity contribution in [1.82, 2.24) is 19.1 Å². The lowest BCUT2D eigenvalue weighted by Crippen LogP contribution is -2.21. The Morgan fingerprint density at radius 1 is 1.28 bits per heavy atom. The van der Waals surface area contributed by atoms with E-state index in [2.05, 4.69) is 14.6 Å². The van der Waals surface area contributed by atoms with Crippen LogP contribution in [0.2, 0.25) is 5.02 Å². The molecule has 0 unspecified atom stereocenters. The number of fused-ring (bicyclic) bond motifs is 1. The zero-order valence-electron chi connectivity index (χ0n) is 9.08. The quantitative estimate of drug-likeness (QED) is 0.719. The zero-order valence-corrected chi connectivity index (χ0v) is 10.6. The van der Waals surface area contributed by atoms with Gasteiger partial charge in [0.1, 0.15) is 0 Å². The Labute approximate surface area is 111 Å². The minimum Gasteiger partial charge on any atom is -0.293 e. The molecule has 0 N–H and O–H groups in total. The fraction of sp³-hybridized carbons (Fsp3) is 0.0909. The van der Waals surface area contributed by atoms with Crippen molar-refractivity contribution in [2.24, 2.45) is 0 Å². The van der Waals surface area contributed by atoms with Gasteiger partial charge in [-0.1, -0.05) is 28.2 Å². The van der Waals surface area contributed by atoms with Crippen LogP contribution in [0.3, 0.4) is 0 Å². The number of rotatable bonds is 2. The number of nitrogens with zero attached hydrogens (tertiary/aromatic N) is 4. The Balaban J connectivity index is 2.02. The van der Waals surface area contributed by atoms with Crippen molar-refractivity contribution in [2.45, 2.75) is 6.54 Å². The first kappa shape index (κ1) is 11.3. The van der Waals surface area contributed by atoms with Gasteiger partial charge in [-0.2, -0.15) is 0 Å². The lowest BCUT2D eigenvalue weighted by atomic mass is 10.2. The highest BCUT2D eigenvalue weighted by Gasteiger charge is 2.07. The van der Waals surface area contributed by atoms with Gasteiger partial charge in [-0.05, 0) is 17.7 Å². The van der Waals surface area contributed by atoms with Gasteiger partial charge in [-0.15, -0.1) is 5.10 Å². The molecule has 5 nitrogen and oxygen atoms in total. The van der Waals surface area contributed by atoms with Crippen LogP contribution in [-0.4, -0.2) is 19.1 Å². The summed E-state index contributed by atoms with van der Waals surface area (Å²) in [7, 11) is 0. The molecule has 0 fully saturated rings. The smallest absolute Gasteiger partial charge is 0.283 e. The fourth-order valence-electron chi connectivity index (χ4n) is 1.61. The van der Waals surface area contributed by atoms with Gasteiger partial charge in [0.2, 0.25) is 0 Å². The summed E-state index contributed by atoms with van der Waals surface area (Å²) in [6.07, 6.45) is 1.51. The molecule has 7 heteroatoms. The molecule has 3 aromatic rings. The lowest BCUT2D eigenvalue weighted by Gasteiger charge is -2.04. The van der Waals surface area contributed by atoms with Crippen LogP contribution in [0.25, 0.3) is 10.3 Å². The van der Waals surface area contributed by atoms with Gasteiger partial charge in [0.05, 0.1) is 12.9 Å². The highest BCUT2D eigenvalue weighted by molar-refractivity contribution is 7.12. The molecule has 18 heavy (non-hydrogen) atoms. The molecule has 0 atom stereocenters. The fourth-order valence-corrected chi connectivity index (χ4v) is 2.25. The Hall–Kier alpha value is -1.79. The van der Waals surface area contributed by atoms with Crippen LogP contribution in [0.4, 0.5) is 0 Å². The molecule has 1 aromatic carbocycles. The molecule has 90 valence electrons. The predicted octanol–water partition coefficient (Wildman–Crippen LogP) is 1.95. The summed E-state index contributed by atoms with van der Waals surface area (Å²) in [5.41, 5.74) is 1.12. The monoisotopic (exact) mass is 278 g/mol. The summed E-state index contributed by atoms with van der Waals surface area (Å²) in [4.78, 5) is 16.8. The molecule has 0 saturated heterocycles. The van der Waals surface area contributed by atoms with E-state index in [0.717, 1.165) is 17.1 Å². The summed E-state index contributed by atoms with van der Waals surface area (Å²) < 4.78 is 5.23. The molecular weight excluding hydrogens is 272 g/mol. The second-order valence-electron chi connectivity index (χ2n) is 3.73. The van der Waals surface area contributed by atoms with E-state index in [-0.39, 0.29) is 5.56 Å². The van der Waals surface area contributed by atoms with Crippen molar-refractivity contribution in [3.63, 3.8) is 0 Å². The second-order valence-corrected chi connectivity index (χ2v) is 4.90. The van der Waals surface area contributed by atoms with Crippen molar-refractivity contribution >= 4 is 33.5 Å². The minimum atomic E-state index is -0.177. The lowest BCUT2D eigenvalue weighted by molar-refractivity contribution is 0.746. The Morgan fingerprint density at radius 2 is 2.06 bits per heavy atom. The molecule has 0 amide bonds. The van der Waals surface area contributed by atoms with Crippen molar-refractivity contribution in [3.05, 3.63) is 51.5 Å². The van der Waals surface area contributed by atoms with Gasteiger partial charge in [-0.3, -0.25) is 9.36 Å². The van der Waals surface area contributed by atoms with Gasteiger partial charge < -0.3 is 0 Å². The summed E-state index contributed by atoms with van der Waals surface area (Å²) in [6.45, 7) is 0.441. The maximum Gasteiger partial charge on any atom is 0.283 e. The third-order valence-corrected chi connectivity index (χ3v) is 3.40. The zero-order chi connectivity index (χ0) is 12.5. The maximum atomic E-state index is 12.1. The average molecular weight is 279 g/mol. The second kappa shape index (κ2) is 4.47.